The van der Waals surface area contributed by atoms with Crippen molar-refractivity contribution in [1.82, 2.24) is 20.9 Å². The van der Waals surface area contributed by atoms with Gasteiger partial charge in [-0.25, -0.2) is 14.4 Å². The molecule has 148 valence electrons. The molecule has 2 aliphatic heterocycles. The topological polar surface area (TPSA) is 117 Å². The van der Waals surface area contributed by atoms with Crippen molar-refractivity contribution < 1.29 is 23.9 Å². The lowest BCUT2D eigenvalue weighted by Gasteiger charge is -2.30. The van der Waals surface area contributed by atoms with E-state index in [9.17, 15) is 19.2 Å². The van der Waals surface area contributed by atoms with Crippen molar-refractivity contribution in [3.63, 3.8) is 0 Å². The molecule has 2 heterocycles. The monoisotopic (exact) mass is 386 g/mol. The van der Waals surface area contributed by atoms with Crippen LogP contribution in [-0.4, -0.2) is 47.5 Å². The number of ether oxygens (including phenoxy) is 1. The van der Waals surface area contributed by atoms with Crippen molar-refractivity contribution in [2.45, 2.75) is 32.4 Å². The standard InChI is InChI=1S/C19H22N4O5/c1-4-28-15(24)13-12(10-23-16(25)19(2,3)22-18(23)27)20-17(26)21-14(13)11-8-6-5-7-9-11/h5-9,14H,4,10H2,1-3H3,(H,22,27)(H2,20,21,26)/t14-/m1/s1. The number of amides is 5. The number of benzene rings is 1. The van der Waals surface area contributed by atoms with Crippen LogP contribution >= 0.6 is 0 Å². The minimum absolute atomic E-state index is 0.140. The predicted octanol–water partition coefficient (Wildman–Crippen LogP) is 1.19. The van der Waals surface area contributed by atoms with E-state index in [0.717, 1.165) is 4.90 Å². The van der Waals surface area contributed by atoms with Crippen molar-refractivity contribution in [1.29, 1.82) is 0 Å². The van der Waals surface area contributed by atoms with Crippen LogP contribution in [0.15, 0.2) is 41.6 Å². The molecule has 1 fully saturated rings. The second kappa shape index (κ2) is 7.34. The van der Waals surface area contributed by atoms with Gasteiger partial charge in [-0.2, -0.15) is 0 Å². The van der Waals surface area contributed by atoms with Gasteiger partial charge in [-0.15, -0.1) is 0 Å². The highest BCUT2D eigenvalue weighted by atomic mass is 16.5. The Hall–Kier alpha value is -3.36. The average Bonchev–Trinajstić information content (AvgIpc) is 2.83. The number of nitrogens with zero attached hydrogens (tertiary/aromatic N) is 1. The first-order valence-electron chi connectivity index (χ1n) is 8.91. The molecular weight excluding hydrogens is 364 g/mol. The molecule has 1 saturated heterocycles. The highest BCUT2D eigenvalue weighted by molar-refractivity contribution is 6.07. The van der Waals surface area contributed by atoms with Gasteiger partial charge in [0, 0.05) is 0 Å². The Bertz CT molecular complexity index is 862. The Morgan fingerprint density at radius 2 is 1.86 bits per heavy atom. The zero-order valence-electron chi connectivity index (χ0n) is 15.9. The van der Waals surface area contributed by atoms with Gasteiger partial charge in [0.15, 0.2) is 0 Å². The molecule has 0 bridgehead atoms. The van der Waals surface area contributed by atoms with Gasteiger partial charge in [0.25, 0.3) is 5.91 Å². The summed E-state index contributed by atoms with van der Waals surface area (Å²) in [6, 6.07) is 7.03. The minimum atomic E-state index is -1.06. The van der Waals surface area contributed by atoms with Crippen LogP contribution in [0.4, 0.5) is 9.59 Å². The predicted molar refractivity (Wildman–Crippen MR) is 98.8 cm³/mol. The number of rotatable bonds is 5. The SMILES string of the molecule is CCOC(=O)C1=C(CN2C(=O)NC(C)(C)C2=O)NC(=O)N[C@@H]1c1ccccc1. The van der Waals surface area contributed by atoms with E-state index in [1.807, 2.05) is 6.07 Å². The first kappa shape index (κ1) is 19.4. The number of urea groups is 2. The quantitative estimate of drug-likeness (QED) is 0.519. The second-order valence-corrected chi connectivity index (χ2v) is 7.00. The summed E-state index contributed by atoms with van der Waals surface area (Å²) >= 11 is 0. The van der Waals surface area contributed by atoms with Crippen LogP contribution in [-0.2, 0) is 14.3 Å². The Balaban J connectivity index is 2.04. The summed E-state index contributed by atoms with van der Waals surface area (Å²) in [4.78, 5) is 50.7. The molecule has 1 aromatic rings. The zero-order chi connectivity index (χ0) is 20.5. The molecule has 28 heavy (non-hydrogen) atoms. The maximum atomic E-state index is 12.7. The van der Waals surface area contributed by atoms with E-state index in [2.05, 4.69) is 16.0 Å². The second-order valence-electron chi connectivity index (χ2n) is 7.00. The number of hydrogen-bond acceptors (Lipinski definition) is 5. The Kier molecular flexibility index (Phi) is 5.08. The molecule has 5 amide bonds. The number of imide groups is 1. The summed E-state index contributed by atoms with van der Waals surface area (Å²) in [6.45, 7) is 4.73. The van der Waals surface area contributed by atoms with E-state index in [1.54, 1.807) is 45.0 Å². The van der Waals surface area contributed by atoms with Crippen molar-refractivity contribution >= 4 is 23.9 Å². The van der Waals surface area contributed by atoms with Gasteiger partial charge in [0.05, 0.1) is 30.5 Å². The first-order valence-corrected chi connectivity index (χ1v) is 8.91. The van der Waals surface area contributed by atoms with E-state index >= 15 is 0 Å². The smallest absolute Gasteiger partial charge is 0.338 e. The molecule has 1 atom stereocenters. The van der Waals surface area contributed by atoms with Crippen LogP contribution < -0.4 is 16.0 Å². The van der Waals surface area contributed by atoms with Crippen LogP contribution in [0.3, 0.4) is 0 Å². The summed E-state index contributed by atoms with van der Waals surface area (Å²) in [5.41, 5.74) is -0.0806. The molecule has 9 heteroatoms. The molecule has 0 spiro atoms. The molecule has 1 aromatic carbocycles. The van der Waals surface area contributed by atoms with Gasteiger partial charge in [0.1, 0.15) is 5.54 Å². The molecule has 0 radical (unpaired) electrons. The van der Waals surface area contributed by atoms with E-state index in [0.29, 0.717) is 5.56 Å². The van der Waals surface area contributed by atoms with Crippen LogP contribution in [0.5, 0.6) is 0 Å². The Morgan fingerprint density at radius 1 is 1.18 bits per heavy atom. The van der Waals surface area contributed by atoms with Crippen LogP contribution in [0.25, 0.3) is 0 Å². The normalized spacial score (nSPS) is 21.2. The summed E-state index contributed by atoms with van der Waals surface area (Å²) in [5.74, 6) is -1.08. The van der Waals surface area contributed by atoms with Gasteiger partial charge in [-0.1, -0.05) is 30.3 Å². The van der Waals surface area contributed by atoms with Crippen molar-refractivity contribution in [3.05, 3.63) is 47.2 Å². The van der Waals surface area contributed by atoms with E-state index in [1.165, 1.54) is 0 Å². The fourth-order valence-corrected chi connectivity index (χ4v) is 3.21. The molecule has 3 N–H and O–H groups in total. The highest BCUT2D eigenvalue weighted by Crippen LogP contribution is 2.29. The van der Waals surface area contributed by atoms with Gasteiger partial charge < -0.3 is 20.7 Å². The Morgan fingerprint density at radius 3 is 2.43 bits per heavy atom. The largest absolute Gasteiger partial charge is 0.463 e. The van der Waals surface area contributed by atoms with Crippen LogP contribution in [0.1, 0.15) is 32.4 Å². The summed E-state index contributed by atoms with van der Waals surface area (Å²) < 4.78 is 5.17. The summed E-state index contributed by atoms with van der Waals surface area (Å²) in [7, 11) is 0. The lowest BCUT2D eigenvalue weighted by Crippen LogP contribution is -2.49. The maximum absolute atomic E-state index is 12.7. The number of carbonyl (C=O) groups excluding carboxylic acids is 4. The van der Waals surface area contributed by atoms with E-state index < -0.39 is 35.5 Å². The molecular formula is C19H22N4O5. The van der Waals surface area contributed by atoms with Crippen LogP contribution in [0, 0.1) is 0 Å². The Labute approximate surface area is 162 Å². The molecule has 0 unspecified atom stereocenters. The van der Waals surface area contributed by atoms with E-state index in [4.69, 9.17) is 4.74 Å². The molecule has 0 aliphatic carbocycles. The van der Waals surface area contributed by atoms with E-state index in [-0.39, 0.29) is 24.4 Å². The van der Waals surface area contributed by atoms with Gasteiger partial charge in [0.2, 0.25) is 0 Å². The van der Waals surface area contributed by atoms with Crippen LogP contribution in [0.2, 0.25) is 0 Å². The van der Waals surface area contributed by atoms with Crippen molar-refractivity contribution in [3.8, 4) is 0 Å². The molecule has 2 aliphatic rings. The minimum Gasteiger partial charge on any atom is -0.463 e. The lowest BCUT2D eigenvalue weighted by molar-refractivity contribution is -0.139. The number of nitrogens with one attached hydrogen (secondary N) is 3. The molecule has 0 aromatic heterocycles. The average molecular weight is 386 g/mol. The van der Waals surface area contributed by atoms with Gasteiger partial charge in [-0.05, 0) is 26.3 Å². The fraction of sp³-hybridized carbons (Fsp3) is 0.368. The molecule has 0 saturated carbocycles. The van der Waals surface area contributed by atoms with Crippen molar-refractivity contribution in [2.75, 3.05) is 13.2 Å². The highest BCUT2D eigenvalue weighted by Gasteiger charge is 2.45. The third-order valence-corrected chi connectivity index (χ3v) is 4.54. The van der Waals surface area contributed by atoms with Crippen molar-refractivity contribution in [2.24, 2.45) is 0 Å². The van der Waals surface area contributed by atoms with Gasteiger partial charge >= 0.3 is 18.0 Å². The lowest BCUT2D eigenvalue weighted by atomic mass is 9.95. The molecule has 3 rings (SSSR count). The summed E-state index contributed by atoms with van der Waals surface area (Å²) in [6.07, 6.45) is 0. The van der Waals surface area contributed by atoms with Gasteiger partial charge in [-0.3, -0.25) is 9.69 Å². The number of carbonyl (C=O) groups is 4. The summed E-state index contributed by atoms with van der Waals surface area (Å²) in [5, 5.41) is 7.83. The number of esters is 1. The molecule has 9 nitrogen and oxygen atoms in total. The number of hydrogen-bond donors (Lipinski definition) is 3. The zero-order valence-corrected chi connectivity index (χ0v) is 15.9. The third kappa shape index (κ3) is 3.55. The fourth-order valence-electron chi connectivity index (χ4n) is 3.21. The maximum Gasteiger partial charge on any atom is 0.338 e. The first-order chi connectivity index (χ1) is 13.2. The third-order valence-electron chi connectivity index (χ3n) is 4.54.